The maximum absolute atomic E-state index is 12.6. The zero-order chi connectivity index (χ0) is 26.8. The average molecular weight is 503 g/mol. The van der Waals surface area contributed by atoms with Crippen LogP contribution < -0.4 is 9.47 Å². The molecule has 1 atom stereocenters. The van der Waals surface area contributed by atoms with Crippen LogP contribution >= 0.6 is 0 Å². The lowest BCUT2D eigenvalue weighted by atomic mass is 10.1. The Morgan fingerprint density at radius 2 is 1.69 bits per heavy atom. The fraction of sp³-hybridized carbons (Fsp3) is 0.400. The standard InChI is InChI=1S/C23H24N2O9.C2H6/c1-4-32-21(26)10-7-11-33-20-13-18(25(29)30)17(12-19(20)31-3)14(2)34-24-22(27)15-8-5-6-9-16(15)23(24)28;1-2/h5-6,8-9,12-14H,4,7,10-11H2,1-3H3;1-2H3. The first-order chi connectivity index (χ1) is 17.3. The molecule has 0 fully saturated rings. The van der Waals surface area contributed by atoms with Gasteiger partial charge in [-0.15, -0.1) is 5.06 Å². The van der Waals surface area contributed by atoms with E-state index < -0.39 is 22.8 Å². The number of methoxy groups -OCH3 is 1. The lowest BCUT2D eigenvalue weighted by Crippen LogP contribution is -2.31. The summed E-state index contributed by atoms with van der Waals surface area (Å²) in [4.78, 5) is 53.3. The summed E-state index contributed by atoms with van der Waals surface area (Å²) in [6.07, 6.45) is -0.562. The van der Waals surface area contributed by atoms with Gasteiger partial charge in [0.05, 0.1) is 48.0 Å². The van der Waals surface area contributed by atoms with Crippen molar-refractivity contribution in [2.75, 3.05) is 20.3 Å². The van der Waals surface area contributed by atoms with Crippen molar-refractivity contribution in [3.8, 4) is 11.5 Å². The number of imide groups is 1. The third-order valence-electron chi connectivity index (χ3n) is 5.06. The van der Waals surface area contributed by atoms with Gasteiger partial charge in [0.15, 0.2) is 11.5 Å². The molecule has 1 aliphatic rings. The first kappa shape index (κ1) is 28.2. The van der Waals surface area contributed by atoms with Gasteiger partial charge in [0, 0.05) is 6.42 Å². The van der Waals surface area contributed by atoms with Crippen molar-refractivity contribution in [1.82, 2.24) is 5.06 Å². The van der Waals surface area contributed by atoms with E-state index in [1.807, 2.05) is 13.8 Å². The number of rotatable bonds is 11. The number of esters is 1. The molecule has 0 saturated heterocycles. The average Bonchev–Trinajstić information content (AvgIpc) is 3.12. The molecular formula is C25H30N2O9. The third kappa shape index (κ3) is 6.36. The highest BCUT2D eigenvalue weighted by Gasteiger charge is 2.38. The van der Waals surface area contributed by atoms with Gasteiger partial charge < -0.3 is 14.2 Å². The van der Waals surface area contributed by atoms with Crippen molar-refractivity contribution >= 4 is 23.5 Å². The van der Waals surface area contributed by atoms with Crippen LogP contribution in [-0.2, 0) is 14.4 Å². The molecule has 0 N–H and O–H groups in total. The number of nitrogens with zero attached hydrogens (tertiary/aromatic N) is 2. The smallest absolute Gasteiger partial charge is 0.305 e. The summed E-state index contributed by atoms with van der Waals surface area (Å²) in [7, 11) is 1.37. The molecule has 1 unspecified atom stereocenters. The highest BCUT2D eigenvalue weighted by Crippen LogP contribution is 2.39. The Balaban J connectivity index is 0.00000222. The Bertz CT molecular complexity index is 1080. The Morgan fingerprint density at radius 3 is 2.22 bits per heavy atom. The molecule has 0 spiro atoms. The van der Waals surface area contributed by atoms with Crippen LogP contribution in [-0.4, -0.2) is 48.1 Å². The van der Waals surface area contributed by atoms with E-state index in [0.717, 1.165) is 0 Å². The maximum Gasteiger partial charge on any atom is 0.305 e. The number of benzene rings is 2. The summed E-state index contributed by atoms with van der Waals surface area (Å²) in [5.74, 6) is -1.37. The minimum atomic E-state index is -1.05. The number of nitro benzene ring substituents is 1. The van der Waals surface area contributed by atoms with Crippen LogP contribution in [0.1, 0.15) is 72.9 Å². The van der Waals surface area contributed by atoms with Gasteiger partial charge >= 0.3 is 5.97 Å². The molecule has 1 heterocycles. The molecule has 2 aromatic rings. The summed E-state index contributed by atoms with van der Waals surface area (Å²) in [6.45, 7) is 7.57. The molecule has 0 bridgehead atoms. The van der Waals surface area contributed by atoms with Crippen LogP contribution in [0.3, 0.4) is 0 Å². The van der Waals surface area contributed by atoms with Crippen LogP contribution in [0.4, 0.5) is 5.69 Å². The summed E-state index contributed by atoms with van der Waals surface area (Å²) in [5.41, 5.74) is 0.124. The molecule has 0 aliphatic carbocycles. The van der Waals surface area contributed by atoms with E-state index in [1.54, 1.807) is 19.1 Å². The summed E-state index contributed by atoms with van der Waals surface area (Å²) in [6, 6.07) is 8.80. The number of hydrogen-bond donors (Lipinski definition) is 0. The normalized spacial score (nSPS) is 12.9. The molecule has 36 heavy (non-hydrogen) atoms. The maximum atomic E-state index is 12.6. The van der Waals surface area contributed by atoms with Gasteiger partial charge in [0.1, 0.15) is 6.10 Å². The number of fused-ring (bicyclic) bond motifs is 1. The van der Waals surface area contributed by atoms with Gasteiger partial charge in [-0.1, -0.05) is 26.0 Å². The Hall–Kier alpha value is -3.99. The molecule has 11 heteroatoms. The van der Waals surface area contributed by atoms with Crippen LogP contribution in [0, 0.1) is 10.1 Å². The minimum Gasteiger partial charge on any atom is -0.493 e. The zero-order valence-corrected chi connectivity index (χ0v) is 20.9. The fourth-order valence-electron chi connectivity index (χ4n) is 3.43. The first-order valence-electron chi connectivity index (χ1n) is 11.6. The number of ether oxygens (including phenoxy) is 3. The molecule has 0 saturated carbocycles. The van der Waals surface area contributed by atoms with Crippen molar-refractivity contribution in [3.05, 3.63) is 63.2 Å². The quantitative estimate of drug-likeness (QED) is 0.142. The van der Waals surface area contributed by atoms with Crippen molar-refractivity contribution in [2.45, 2.75) is 46.6 Å². The van der Waals surface area contributed by atoms with Gasteiger partial charge in [-0.05, 0) is 38.5 Å². The van der Waals surface area contributed by atoms with Crippen LogP contribution in [0.2, 0.25) is 0 Å². The fourth-order valence-corrected chi connectivity index (χ4v) is 3.43. The number of carbonyl (C=O) groups is 3. The van der Waals surface area contributed by atoms with Gasteiger partial charge in [0.2, 0.25) is 0 Å². The molecule has 2 aromatic carbocycles. The number of amides is 2. The molecule has 0 radical (unpaired) electrons. The first-order valence-corrected chi connectivity index (χ1v) is 11.6. The van der Waals surface area contributed by atoms with Crippen molar-refractivity contribution in [3.63, 3.8) is 0 Å². The topological polar surface area (TPSA) is 135 Å². The van der Waals surface area contributed by atoms with E-state index in [4.69, 9.17) is 19.0 Å². The van der Waals surface area contributed by atoms with Crippen molar-refractivity contribution < 1.29 is 38.4 Å². The van der Waals surface area contributed by atoms with Crippen LogP contribution in [0.15, 0.2) is 36.4 Å². The largest absolute Gasteiger partial charge is 0.493 e. The van der Waals surface area contributed by atoms with Gasteiger partial charge in [-0.3, -0.25) is 29.3 Å². The van der Waals surface area contributed by atoms with E-state index in [0.29, 0.717) is 11.5 Å². The molecule has 3 rings (SSSR count). The lowest BCUT2D eigenvalue weighted by Gasteiger charge is -2.20. The predicted molar refractivity (Wildman–Crippen MR) is 129 cm³/mol. The summed E-state index contributed by atoms with van der Waals surface area (Å²) in [5, 5.41) is 12.4. The Labute approximate surface area is 209 Å². The second-order valence-electron chi connectivity index (χ2n) is 7.27. The second-order valence-corrected chi connectivity index (χ2v) is 7.27. The number of hydrogen-bond acceptors (Lipinski definition) is 9. The highest BCUT2D eigenvalue weighted by atomic mass is 16.7. The van der Waals surface area contributed by atoms with Crippen molar-refractivity contribution in [1.29, 1.82) is 0 Å². The van der Waals surface area contributed by atoms with E-state index in [1.165, 1.54) is 38.3 Å². The van der Waals surface area contributed by atoms with Gasteiger partial charge in [-0.25, -0.2) is 0 Å². The number of nitro groups is 1. The number of hydroxylamine groups is 2. The summed E-state index contributed by atoms with van der Waals surface area (Å²) >= 11 is 0. The van der Waals surface area contributed by atoms with Gasteiger partial charge in [-0.2, -0.15) is 0 Å². The second kappa shape index (κ2) is 13.2. The number of carbonyl (C=O) groups excluding carboxylic acids is 3. The monoisotopic (exact) mass is 502 g/mol. The zero-order valence-electron chi connectivity index (χ0n) is 20.9. The van der Waals surface area contributed by atoms with E-state index >= 15 is 0 Å². The molecular weight excluding hydrogens is 472 g/mol. The predicted octanol–water partition coefficient (Wildman–Crippen LogP) is 4.64. The molecule has 0 aromatic heterocycles. The highest BCUT2D eigenvalue weighted by molar-refractivity contribution is 6.20. The third-order valence-corrected chi connectivity index (χ3v) is 5.06. The van der Waals surface area contributed by atoms with Crippen LogP contribution in [0.5, 0.6) is 11.5 Å². The molecule has 2 amide bonds. The molecule has 1 aliphatic heterocycles. The SMILES string of the molecule is CC.CCOC(=O)CCCOc1cc([N+](=O)[O-])c(C(C)ON2C(=O)c3ccccc3C2=O)cc1OC. The molecule has 11 nitrogen and oxygen atoms in total. The lowest BCUT2D eigenvalue weighted by molar-refractivity contribution is -0.386. The van der Waals surface area contributed by atoms with E-state index in [9.17, 15) is 24.5 Å². The minimum absolute atomic E-state index is 0.0808. The van der Waals surface area contributed by atoms with Gasteiger partial charge in [0.25, 0.3) is 17.5 Å². The molecule has 194 valence electrons. The Morgan fingerprint density at radius 1 is 1.08 bits per heavy atom. The van der Waals surface area contributed by atoms with Crippen molar-refractivity contribution in [2.24, 2.45) is 0 Å². The van der Waals surface area contributed by atoms with E-state index in [-0.39, 0.29) is 59.5 Å². The Kier molecular flexibility index (Phi) is 10.4. The van der Waals surface area contributed by atoms with E-state index in [2.05, 4.69) is 0 Å². The summed E-state index contributed by atoms with van der Waals surface area (Å²) < 4.78 is 15.8. The van der Waals surface area contributed by atoms with Crippen LogP contribution in [0.25, 0.3) is 0 Å².